The number of amides is 1. The van der Waals surface area contributed by atoms with Gasteiger partial charge in [-0.15, -0.1) is 16.8 Å². The van der Waals surface area contributed by atoms with Gasteiger partial charge < -0.3 is 10.1 Å². The highest BCUT2D eigenvalue weighted by Crippen LogP contribution is 2.26. The third-order valence-corrected chi connectivity index (χ3v) is 5.52. The second-order valence-electron chi connectivity index (χ2n) is 6.27. The second kappa shape index (κ2) is 10.4. The molecule has 1 N–H and O–H groups in total. The number of thioether (sulfide) groups is 1. The van der Waals surface area contributed by atoms with Gasteiger partial charge in [-0.3, -0.25) is 9.36 Å². The number of para-hydroxylation sites is 1. The molecule has 0 saturated heterocycles. The van der Waals surface area contributed by atoms with Crippen molar-refractivity contribution in [3.63, 3.8) is 0 Å². The number of ether oxygens (including phenoxy) is 1. The van der Waals surface area contributed by atoms with Gasteiger partial charge in [-0.1, -0.05) is 45.9 Å². The van der Waals surface area contributed by atoms with E-state index in [-0.39, 0.29) is 23.5 Å². The SMILES string of the molecule is C=CCn1c(SCC(=O)Nc2ccccc2F)nnc1C(C)Oc1ccc(Br)cc1. The number of carbonyl (C=O) groups is 1. The van der Waals surface area contributed by atoms with Gasteiger partial charge in [-0.05, 0) is 43.3 Å². The second-order valence-corrected chi connectivity index (χ2v) is 8.13. The molecule has 0 spiro atoms. The van der Waals surface area contributed by atoms with Gasteiger partial charge in [-0.25, -0.2) is 4.39 Å². The molecule has 9 heteroatoms. The number of carbonyl (C=O) groups excluding carboxylic acids is 1. The summed E-state index contributed by atoms with van der Waals surface area (Å²) in [6.07, 6.45) is 1.36. The number of rotatable bonds is 9. The first-order chi connectivity index (χ1) is 14.5. The quantitative estimate of drug-likeness (QED) is 0.328. The average molecular weight is 491 g/mol. The molecule has 2 aromatic carbocycles. The normalized spacial score (nSPS) is 11.7. The maximum Gasteiger partial charge on any atom is 0.234 e. The number of anilines is 1. The van der Waals surface area contributed by atoms with E-state index in [1.807, 2.05) is 35.8 Å². The van der Waals surface area contributed by atoms with Gasteiger partial charge >= 0.3 is 0 Å². The third kappa shape index (κ3) is 5.70. The predicted molar refractivity (Wildman–Crippen MR) is 119 cm³/mol. The summed E-state index contributed by atoms with van der Waals surface area (Å²) >= 11 is 4.61. The first-order valence-corrected chi connectivity index (χ1v) is 10.9. The van der Waals surface area contributed by atoms with Crippen LogP contribution in [0.3, 0.4) is 0 Å². The molecule has 156 valence electrons. The van der Waals surface area contributed by atoms with Crippen molar-refractivity contribution < 1.29 is 13.9 Å². The number of benzene rings is 2. The van der Waals surface area contributed by atoms with Crippen molar-refractivity contribution in [2.75, 3.05) is 11.1 Å². The molecule has 0 saturated carbocycles. The molecule has 0 aliphatic carbocycles. The molecule has 0 aliphatic heterocycles. The minimum atomic E-state index is -0.480. The van der Waals surface area contributed by atoms with E-state index < -0.39 is 5.82 Å². The molecule has 0 bridgehead atoms. The lowest BCUT2D eigenvalue weighted by Crippen LogP contribution is -2.16. The summed E-state index contributed by atoms with van der Waals surface area (Å²) in [4.78, 5) is 12.2. The number of hydrogen-bond acceptors (Lipinski definition) is 5. The molecule has 0 aliphatic rings. The number of aromatic nitrogens is 3. The zero-order chi connectivity index (χ0) is 21.5. The van der Waals surface area contributed by atoms with Gasteiger partial charge in [0.15, 0.2) is 17.1 Å². The Morgan fingerprint density at radius 2 is 2.03 bits per heavy atom. The van der Waals surface area contributed by atoms with Crippen LogP contribution in [0.25, 0.3) is 0 Å². The van der Waals surface area contributed by atoms with Crippen LogP contribution in [0, 0.1) is 5.82 Å². The van der Waals surface area contributed by atoms with Crippen molar-refractivity contribution >= 4 is 39.3 Å². The maximum atomic E-state index is 13.7. The van der Waals surface area contributed by atoms with Gasteiger partial charge in [0, 0.05) is 11.0 Å². The van der Waals surface area contributed by atoms with Crippen molar-refractivity contribution in [1.82, 2.24) is 14.8 Å². The molecule has 1 aromatic heterocycles. The van der Waals surface area contributed by atoms with Crippen LogP contribution in [0.5, 0.6) is 5.75 Å². The van der Waals surface area contributed by atoms with E-state index in [9.17, 15) is 9.18 Å². The van der Waals surface area contributed by atoms with Crippen LogP contribution in [-0.4, -0.2) is 26.4 Å². The summed E-state index contributed by atoms with van der Waals surface area (Å²) in [5.74, 6) is 0.573. The van der Waals surface area contributed by atoms with Gasteiger partial charge in [-0.2, -0.15) is 0 Å². The molecule has 6 nitrogen and oxygen atoms in total. The van der Waals surface area contributed by atoms with Gasteiger partial charge in [0.2, 0.25) is 5.91 Å². The number of nitrogens with zero attached hydrogens (tertiary/aromatic N) is 3. The highest BCUT2D eigenvalue weighted by Gasteiger charge is 2.20. The number of nitrogens with one attached hydrogen (secondary N) is 1. The predicted octanol–water partition coefficient (Wildman–Crippen LogP) is 5.24. The van der Waals surface area contributed by atoms with E-state index in [2.05, 4.69) is 38.0 Å². The van der Waals surface area contributed by atoms with E-state index in [1.54, 1.807) is 18.2 Å². The highest BCUT2D eigenvalue weighted by molar-refractivity contribution is 9.10. The Bertz CT molecular complexity index is 1030. The van der Waals surface area contributed by atoms with Gasteiger partial charge in [0.05, 0.1) is 11.4 Å². The van der Waals surface area contributed by atoms with Crippen molar-refractivity contribution in [1.29, 1.82) is 0 Å². The van der Waals surface area contributed by atoms with Crippen LogP contribution < -0.4 is 10.1 Å². The fourth-order valence-electron chi connectivity index (χ4n) is 2.66. The van der Waals surface area contributed by atoms with Crippen LogP contribution >= 0.6 is 27.7 Å². The standard InChI is InChI=1S/C21H20BrFN4O2S/c1-3-12-27-20(14(2)29-16-10-8-15(22)9-11-16)25-26-21(27)30-13-19(28)24-18-7-5-4-6-17(18)23/h3-11,14H,1,12-13H2,2H3,(H,24,28). The summed E-state index contributed by atoms with van der Waals surface area (Å²) in [6.45, 7) is 6.12. The third-order valence-electron chi connectivity index (χ3n) is 4.03. The van der Waals surface area contributed by atoms with E-state index in [0.717, 1.165) is 4.47 Å². The number of allylic oxidation sites excluding steroid dienone is 1. The Labute approximate surface area is 186 Å². The molecule has 1 amide bonds. The zero-order valence-electron chi connectivity index (χ0n) is 16.2. The molecule has 3 rings (SSSR count). The Morgan fingerprint density at radius 3 is 2.73 bits per heavy atom. The molecular weight excluding hydrogens is 471 g/mol. The van der Waals surface area contributed by atoms with Crippen molar-refractivity contribution in [3.8, 4) is 5.75 Å². The minimum absolute atomic E-state index is 0.0611. The summed E-state index contributed by atoms with van der Waals surface area (Å²) < 4.78 is 22.5. The molecule has 30 heavy (non-hydrogen) atoms. The topological polar surface area (TPSA) is 69.0 Å². The Hall–Kier alpha value is -2.65. The Kier molecular flexibility index (Phi) is 7.64. The fraction of sp³-hybridized carbons (Fsp3) is 0.190. The first-order valence-electron chi connectivity index (χ1n) is 9.11. The van der Waals surface area contributed by atoms with E-state index >= 15 is 0 Å². The summed E-state index contributed by atoms with van der Waals surface area (Å²) in [7, 11) is 0. The average Bonchev–Trinajstić information content (AvgIpc) is 3.13. The van der Waals surface area contributed by atoms with Crippen LogP contribution in [0.4, 0.5) is 10.1 Å². The summed E-state index contributed by atoms with van der Waals surface area (Å²) in [6, 6.07) is 13.5. The minimum Gasteiger partial charge on any atom is -0.483 e. The monoisotopic (exact) mass is 490 g/mol. The maximum absolute atomic E-state index is 13.7. The smallest absolute Gasteiger partial charge is 0.234 e. The lowest BCUT2D eigenvalue weighted by molar-refractivity contribution is -0.113. The molecule has 1 unspecified atom stereocenters. The molecule has 1 atom stereocenters. The van der Waals surface area contributed by atoms with Crippen LogP contribution in [0.1, 0.15) is 18.9 Å². The largest absolute Gasteiger partial charge is 0.483 e. The van der Waals surface area contributed by atoms with Crippen LogP contribution in [0.2, 0.25) is 0 Å². The van der Waals surface area contributed by atoms with Crippen LogP contribution in [-0.2, 0) is 11.3 Å². The lowest BCUT2D eigenvalue weighted by atomic mass is 10.3. The molecule has 1 heterocycles. The summed E-state index contributed by atoms with van der Waals surface area (Å²) in [5.41, 5.74) is 0.146. The molecular formula is C21H20BrFN4O2S. The summed E-state index contributed by atoms with van der Waals surface area (Å²) in [5, 5.41) is 11.6. The van der Waals surface area contributed by atoms with Crippen molar-refractivity contribution in [2.45, 2.75) is 24.7 Å². The molecule has 0 radical (unpaired) electrons. The van der Waals surface area contributed by atoms with E-state index in [4.69, 9.17) is 4.74 Å². The fourth-order valence-corrected chi connectivity index (χ4v) is 3.68. The lowest BCUT2D eigenvalue weighted by Gasteiger charge is -2.15. The van der Waals surface area contributed by atoms with Crippen LogP contribution in [0.15, 0.2) is 70.8 Å². The molecule has 0 fully saturated rings. The van der Waals surface area contributed by atoms with Gasteiger partial charge in [0.1, 0.15) is 11.6 Å². The Morgan fingerprint density at radius 1 is 1.30 bits per heavy atom. The number of hydrogen-bond donors (Lipinski definition) is 1. The zero-order valence-corrected chi connectivity index (χ0v) is 18.6. The van der Waals surface area contributed by atoms with Crippen molar-refractivity contribution in [3.05, 3.63) is 77.3 Å². The highest BCUT2D eigenvalue weighted by atomic mass is 79.9. The number of halogens is 2. The Balaban J connectivity index is 1.67. The first kappa shape index (κ1) is 22.0. The van der Waals surface area contributed by atoms with E-state index in [0.29, 0.717) is 23.3 Å². The van der Waals surface area contributed by atoms with E-state index in [1.165, 1.54) is 23.9 Å². The van der Waals surface area contributed by atoms with Crippen molar-refractivity contribution in [2.24, 2.45) is 0 Å². The molecule has 3 aromatic rings. The van der Waals surface area contributed by atoms with Gasteiger partial charge in [0.25, 0.3) is 0 Å².